The van der Waals surface area contributed by atoms with E-state index in [1.54, 1.807) is 37.3 Å². The van der Waals surface area contributed by atoms with Crippen LogP contribution in [0.1, 0.15) is 13.3 Å². The molecule has 21 heavy (non-hydrogen) atoms. The summed E-state index contributed by atoms with van der Waals surface area (Å²) in [5.74, 6) is -0.380. The maximum absolute atomic E-state index is 12.4. The van der Waals surface area contributed by atoms with Gasteiger partial charge in [0.15, 0.2) is 9.84 Å². The zero-order chi connectivity index (χ0) is 16.1. The molecule has 1 rings (SSSR count). The van der Waals surface area contributed by atoms with Crippen LogP contribution in [-0.4, -0.2) is 29.1 Å². The molecular formula is C15H22O4SSi. The molecule has 0 amide bonds. The van der Waals surface area contributed by atoms with Gasteiger partial charge in [-0.2, -0.15) is 0 Å². The minimum Gasteiger partial charge on any atom is -0.466 e. The average Bonchev–Trinajstić information content (AvgIpc) is 2.38. The third-order valence-corrected chi connectivity index (χ3v) is 6.95. The molecule has 0 N–H and O–H groups in total. The van der Waals surface area contributed by atoms with E-state index in [0.29, 0.717) is 11.8 Å². The molecule has 116 valence electrons. The molecule has 0 spiro atoms. The fourth-order valence-electron chi connectivity index (χ4n) is 1.72. The van der Waals surface area contributed by atoms with E-state index in [2.05, 4.69) is 0 Å². The van der Waals surface area contributed by atoms with Crippen molar-refractivity contribution >= 4 is 23.9 Å². The Morgan fingerprint density at radius 1 is 1.19 bits per heavy atom. The lowest BCUT2D eigenvalue weighted by molar-refractivity contribution is -0.142. The Morgan fingerprint density at radius 2 is 1.76 bits per heavy atom. The number of hydrogen-bond acceptors (Lipinski definition) is 4. The monoisotopic (exact) mass is 326 g/mol. The molecule has 1 aromatic carbocycles. The van der Waals surface area contributed by atoms with E-state index >= 15 is 0 Å². The van der Waals surface area contributed by atoms with Crippen LogP contribution in [0.5, 0.6) is 0 Å². The van der Waals surface area contributed by atoms with Crippen molar-refractivity contribution in [2.24, 2.45) is 0 Å². The molecule has 0 saturated carbocycles. The molecule has 0 atom stereocenters. The molecule has 0 aliphatic heterocycles. The fraction of sp³-hybridized carbons (Fsp3) is 0.400. The SMILES string of the molecule is CCOC(=O)CC(=CS(=O)(=O)c1ccccc1)[Si](C)(C)C. The van der Waals surface area contributed by atoms with Gasteiger partial charge in [-0.25, -0.2) is 8.42 Å². The smallest absolute Gasteiger partial charge is 0.309 e. The van der Waals surface area contributed by atoms with Crippen molar-refractivity contribution in [3.63, 3.8) is 0 Å². The summed E-state index contributed by atoms with van der Waals surface area (Å²) < 4.78 is 29.8. The molecule has 0 aromatic heterocycles. The molecule has 0 radical (unpaired) electrons. The van der Waals surface area contributed by atoms with Crippen molar-refractivity contribution in [1.29, 1.82) is 0 Å². The third-order valence-electron chi connectivity index (χ3n) is 2.97. The van der Waals surface area contributed by atoms with Gasteiger partial charge in [-0.15, -0.1) is 0 Å². The van der Waals surface area contributed by atoms with E-state index < -0.39 is 17.9 Å². The summed E-state index contributed by atoms with van der Waals surface area (Å²) in [7, 11) is -5.48. The van der Waals surface area contributed by atoms with E-state index in [4.69, 9.17) is 4.74 Å². The molecule has 1 aromatic rings. The van der Waals surface area contributed by atoms with Crippen LogP contribution < -0.4 is 0 Å². The standard InChI is InChI=1S/C15H22O4SSi/c1-5-19-15(16)11-14(21(2,3)4)12-20(17,18)13-9-7-6-8-10-13/h6-10,12H,5,11H2,1-4H3. The van der Waals surface area contributed by atoms with Crippen LogP contribution >= 0.6 is 0 Å². The minimum atomic E-state index is -3.54. The topological polar surface area (TPSA) is 60.4 Å². The highest BCUT2D eigenvalue weighted by molar-refractivity contribution is 7.94. The molecular weight excluding hydrogens is 304 g/mol. The maximum Gasteiger partial charge on any atom is 0.309 e. The number of benzene rings is 1. The molecule has 0 heterocycles. The Kier molecular flexibility index (Phi) is 5.92. The summed E-state index contributed by atoms with van der Waals surface area (Å²) in [5.41, 5.74) is 0. The van der Waals surface area contributed by atoms with Gasteiger partial charge in [0.2, 0.25) is 0 Å². The Morgan fingerprint density at radius 3 is 2.24 bits per heavy atom. The zero-order valence-electron chi connectivity index (χ0n) is 12.9. The number of hydrogen-bond donors (Lipinski definition) is 0. The van der Waals surface area contributed by atoms with Gasteiger partial charge < -0.3 is 4.74 Å². The van der Waals surface area contributed by atoms with Crippen LogP contribution in [0.2, 0.25) is 19.6 Å². The predicted octanol–water partition coefficient (Wildman–Crippen LogP) is 3.17. The molecule has 0 bridgehead atoms. The van der Waals surface area contributed by atoms with E-state index in [9.17, 15) is 13.2 Å². The Bertz CT molecular complexity index is 613. The van der Waals surface area contributed by atoms with Crippen molar-refractivity contribution in [2.75, 3.05) is 6.61 Å². The van der Waals surface area contributed by atoms with Crippen LogP contribution in [0.4, 0.5) is 0 Å². The third kappa shape index (κ3) is 5.47. The van der Waals surface area contributed by atoms with Crippen molar-refractivity contribution in [3.05, 3.63) is 40.9 Å². The van der Waals surface area contributed by atoms with Crippen LogP contribution in [-0.2, 0) is 19.4 Å². The van der Waals surface area contributed by atoms with Gasteiger partial charge in [-0.05, 0) is 19.1 Å². The largest absolute Gasteiger partial charge is 0.466 e. The number of ether oxygens (including phenoxy) is 1. The maximum atomic E-state index is 12.4. The number of carbonyl (C=O) groups is 1. The second-order valence-corrected chi connectivity index (χ2v) is 12.7. The van der Waals surface area contributed by atoms with Gasteiger partial charge in [-0.3, -0.25) is 4.79 Å². The van der Waals surface area contributed by atoms with E-state index in [0.717, 1.165) is 0 Å². The second kappa shape index (κ2) is 7.04. The Labute approximate surface area is 127 Å². The molecule has 0 fully saturated rings. The first kappa shape index (κ1) is 17.6. The van der Waals surface area contributed by atoms with E-state index in [-0.39, 0.29) is 17.3 Å². The van der Waals surface area contributed by atoms with Crippen molar-refractivity contribution < 1.29 is 17.9 Å². The molecule has 4 nitrogen and oxygen atoms in total. The van der Waals surface area contributed by atoms with Gasteiger partial charge in [0, 0.05) is 5.41 Å². The van der Waals surface area contributed by atoms with Gasteiger partial charge in [0.25, 0.3) is 0 Å². The molecule has 0 aliphatic rings. The van der Waals surface area contributed by atoms with Gasteiger partial charge >= 0.3 is 5.97 Å². The van der Waals surface area contributed by atoms with Gasteiger partial charge in [0.05, 0.1) is 26.0 Å². The second-order valence-electron chi connectivity index (χ2n) is 5.73. The predicted molar refractivity (Wildman–Crippen MR) is 86.3 cm³/mol. The lowest BCUT2D eigenvalue weighted by Gasteiger charge is -2.20. The summed E-state index contributed by atoms with van der Waals surface area (Å²) in [6, 6.07) is 8.23. The Balaban J connectivity index is 3.17. The lowest BCUT2D eigenvalue weighted by atomic mass is 10.4. The highest BCUT2D eigenvalue weighted by Crippen LogP contribution is 2.23. The first-order valence-corrected chi connectivity index (χ1v) is 11.9. The van der Waals surface area contributed by atoms with Crippen molar-refractivity contribution in [2.45, 2.75) is 37.9 Å². The Hall–Kier alpha value is -1.40. The van der Waals surface area contributed by atoms with E-state index in [1.165, 1.54) is 5.41 Å². The summed E-state index contributed by atoms with van der Waals surface area (Å²) >= 11 is 0. The highest BCUT2D eigenvalue weighted by Gasteiger charge is 2.25. The van der Waals surface area contributed by atoms with Crippen molar-refractivity contribution in [1.82, 2.24) is 0 Å². The molecule has 6 heteroatoms. The zero-order valence-corrected chi connectivity index (χ0v) is 14.7. The quantitative estimate of drug-likeness (QED) is 0.595. The number of carbonyl (C=O) groups excluding carboxylic acids is 1. The number of rotatable bonds is 6. The van der Waals surface area contributed by atoms with Gasteiger partial charge in [-0.1, -0.05) is 43.0 Å². The molecule has 0 unspecified atom stereocenters. The van der Waals surface area contributed by atoms with Gasteiger partial charge in [0.1, 0.15) is 0 Å². The molecule has 0 aliphatic carbocycles. The summed E-state index contributed by atoms with van der Waals surface area (Å²) in [4.78, 5) is 11.9. The van der Waals surface area contributed by atoms with Crippen LogP contribution in [0.25, 0.3) is 0 Å². The minimum absolute atomic E-state index is 0.0373. The summed E-state index contributed by atoms with van der Waals surface area (Å²) in [6.45, 7) is 8.06. The number of sulfone groups is 1. The van der Waals surface area contributed by atoms with E-state index in [1.807, 2.05) is 19.6 Å². The van der Waals surface area contributed by atoms with Crippen LogP contribution in [0.15, 0.2) is 45.8 Å². The normalized spacial score (nSPS) is 13.0. The summed E-state index contributed by atoms with van der Waals surface area (Å²) in [5, 5.41) is 1.93. The molecule has 0 saturated heterocycles. The van der Waals surface area contributed by atoms with Crippen molar-refractivity contribution in [3.8, 4) is 0 Å². The lowest BCUT2D eigenvalue weighted by Crippen LogP contribution is -2.27. The fourth-order valence-corrected chi connectivity index (χ4v) is 5.40. The van der Waals surface area contributed by atoms with Crippen LogP contribution in [0, 0.1) is 0 Å². The first-order valence-electron chi connectivity index (χ1n) is 6.83. The average molecular weight is 326 g/mol. The number of esters is 1. The summed E-state index contributed by atoms with van der Waals surface area (Å²) in [6.07, 6.45) is 0.0373. The highest BCUT2D eigenvalue weighted by atomic mass is 32.2. The van der Waals surface area contributed by atoms with Crippen LogP contribution in [0.3, 0.4) is 0 Å². The first-order chi connectivity index (χ1) is 9.66.